The molecule has 0 fully saturated rings. The van der Waals surface area contributed by atoms with Crippen molar-refractivity contribution in [2.45, 2.75) is 6.92 Å². The van der Waals surface area contributed by atoms with Gasteiger partial charge in [0.1, 0.15) is 11.5 Å². The number of hydrogen-bond acceptors (Lipinski definition) is 4. The molecular formula is C10H9N3O. The van der Waals surface area contributed by atoms with Crippen LogP contribution in [-0.2, 0) is 0 Å². The highest BCUT2D eigenvalue weighted by Crippen LogP contribution is 2.16. The number of rotatable bonds is 1. The number of aromatic nitrogens is 2. The van der Waals surface area contributed by atoms with Crippen molar-refractivity contribution in [2.24, 2.45) is 0 Å². The van der Waals surface area contributed by atoms with E-state index < -0.39 is 0 Å². The van der Waals surface area contributed by atoms with Gasteiger partial charge in [-0.3, -0.25) is 9.78 Å². The molecule has 2 heterocycles. The molecule has 0 radical (unpaired) electrons. The highest BCUT2D eigenvalue weighted by atomic mass is 16.1. The molecule has 0 bridgehead atoms. The molecule has 4 heteroatoms. The minimum absolute atomic E-state index is 0.406. The molecule has 0 aromatic carbocycles. The van der Waals surface area contributed by atoms with Crippen LogP contribution >= 0.6 is 0 Å². The third-order valence-corrected chi connectivity index (χ3v) is 2.07. The Hall–Kier alpha value is -1.97. The Kier molecular flexibility index (Phi) is 1.89. The summed E-state index contributed by atoms with van der Waals surface area (Å²) in [5, 5.41) is 0.883. The van der Waals surface area contributed by atoms with Crippen LogP contribution in [0.25, 0.3) is 10.9 Å². The Morgan fingerprint density at radius 3 is 2.93 bits per heavy atom. The fraction of sp³-hybridized carbons (Fsp3) is 0.100. The van der Waals surface area contributed by atoms with Gasteiger partial charge < -0.3 is 5.73 Å². The molecule has 2 rings (SSSR count). The summed E-state index contributed by atoms with van der Waals surface area (Å²) in [6, 6.07) is 3.59. The third-order valence-electron chi connectivity index (χ3n) is 2.07. The van der Waals surface area contributed by atoms with Crippen LogP contribution < -0.4 is 5.73 Å². The van der Waals surface area contributed by atoms with Gasteiger partial charge in [-0.05, 0) is 24.6 Å². The van der Waals surface area contributed by atoms with Gasteiger partial charge in [-0.25, -0.2) is 4.98 Å². The number of fused-ring (bicyclic) bond motifs is 1. The predicted octanol–water partition coefficient (Wildman–Crippen LogP) is 1.33. The molecule has 70 valence electrons. The van der Waals surface area contributed by atoms with E-state index in [-0.39, 0.29) is 0 Å². The van der Waals surface area contributed by atoms with Crippen LogP contribution in [0.2, 0.25) is 0 Å². The first-order valence-corrected chi connectivity index (χ1v) is 4.19. The summed E-state index contributed by atoms with van der Waals surface area (Å²) in [6.45, 7) is 1.88. The van der Waals surface area contributed by atoms with Crippen molar-refractivity contribution in [3.05, 3.63) is 29.6 Å². The summed E-state index contributed by atoms with van der Waals surface area (Å²) in [7, 11) is 0. The first-order chi connectivity index (χ1) is 6.70. The van der Waals surface area contributed by atoms with Crippen molar-refractivity contribution in [1.29, 1.82) is 0 Å². The zero-order valence-corrected chi connectivity index (χ0v) is 7.69. The van der Waals surface area contributed by atoms with E-state index in [0.717, 1.165) is 10.9 Å². The van der Waals surface area contributed by atoms with E-state index in [4.69, 9.17) is 5.73 Å². The molecule has 2 N–H and O–H groups in total. The van der Waals surface area contributed by atoms with Crippen molar-refractivity contribution in [1.82, 2.24) is 9.97 Å². The molecule has 0 aliphatic carbocycles. The number of aldehydes is 1. The van der Waals surface area contributed by atoms with Crippen molar-refractivity contribution in [3.63, 3.8) is 0 Å². The van der Waals surface area contributed by atoms with Crippen molar-refractivity contribution >= 4 is 23.0 Å². The van der Waals surface area contributed by atoms with Crippen LogP contribution in [0.3, 0.4) is 0 Å². The van der Waals surface area contributed by atoms with Crippen molar-refractivity contribution < 1.29 is 4.79 Å². The maximum atomic E-state index is 10.5. The molecule has 0 saturated carbocycles. The van der Waals surface area contributed by atoms with Gasteiger partial charge in [-0.2, -0.15) is 0 Å². The van der Waals surface area contributed by atoms with Gasteiger partial charge in [0.2, 0.25) is 0 Å². The van der Waals surface area contributed by atoms with Crippen LogP contribution in [0.15, 0.2) is 18.3 Å². The fourth-order valence-electron chi connectivity index (χ4n) is 1.28. The molecular weight excluding hydrogens is 178 g/mol. The minimum atomic E-state index is 0.406. The molecule has 2 aromatic rings. The Labute approximate surface area is 80.8 Å². The Morgan fingerprint density at radius 1 is 1.43 bits per heavy atom. The number of nitrogens with zero attached hydrogens (tertiary/aromatic N) is 2. The molecule has 0 atom stereocenters. The van der Waals surface area contributed by atoms with E-state index in [2.05, 4.69) is 9.97 Å². The van der Waals surface area contributed by atoms with Crippen LogP contribution in [0.4, 0.5) is 5.82 Å². The highest BCUT2D eigenvalue weighted by molar-refractivity contribution is 5.85. The average molecular weight is 187 g/mol. The van der Waals surface area contributed by atoms with E-state index in [1.165, 1.54) is 0 Å². The molecule has 0 unspecified atom stereocenters. The largest absolute Gasteiger partial charge is 0.383 e. The lowest BCUT2D eigenvalue weighted by Gasteiger charge is -2.02. The lowest BCUT2D eigenvalue weighted by Crippen LogP contribution is -1.96. The molecule has 2 aromatic heterocycles. The molecule has 4 nitrogen and oxygen atoms in total. The highest BCUT2D eigenvalue weighted by Gasteiger charge is 2.01. The normalized spacial score (nSPS) is 10.4. The molecule has 0 saturated heterocycles. The Balaban J connectivity index is 2.76. The van der Waals surface area contributed by atoms with Crippen LogP contribution in [-0.4, -0.2) is 16.3 Å². The second-order valence-electron chi connectivity index (χ2n) is 3.11. The smallest absolute Gasteiger partial charge is 0.168 e. The number of pyridine rings is 2. The Morgan fingerprint density at radius 2 is 2.21 bits per heavy atom. The van der Waals surface area contributed by atoms with E-state index in [0.29, 0.717) is 23.3 Å². The number of hydrogen-bond donors (Lipinski definition) is 1. The average Bonchev–Trinajstić information content (AvgIpc) is 2.19. The summed E-state index contributed by atoms with van der Waals surface area (Å²) in [5.74, 6) is 0.498. The molecule has 0 aliphatic rings. The van der Waals surface area contributed by atoms with Gasteiger partial charge in [-0.1, -0.05) is 0 Å². The standard InChI is InChI=1S/C10H9N3O/c1-6-2-7-3-8(5-14)12-4-9(7)13-10(6)11/h2-5H,1H3,(H2,11,13). The van der Waals surface area contributed by atoms with E-state index in [9.17, 15) is 4.79 Å². The molecule has 0 amide bonds. The number of nitrogen functional groups attached to an aromatic ring is 1. The van der Waals surface area contributed by atoms with E-state index in [1.807, 2.05) is 13.0 Å². The number of carbonyl (C=O) groups excluding carboxylic acids is 1. The molecule has 0 aliphatic heterocycles. The number of carbonyl (C=O) groups is 1. The van der Waals surface area contributed by atoms with Gasteiger partial charge in [0.25, 0.3) is 0 Å². The topological polar surface area (TPSA) is 68.9 Å². The SMILES string of the molecule is Cc1cc2cc(C=O)ncc2nc1N. The van der Waals surface area contributed by atoms with Gasteiger partial charge >= 0.3 is 0 Å². The Bertz CT molecular complexity index is 508. The van der Waals surface area contributed by atoms with Gasteiger partial charge in [-0.15, -0.1) is 0 Å². The van der Waals surface area contributed by atoms with E-state index in [1.54, 1.807) is 12.3 Å². The van der Waals surface area contributed by atoms with Crippen molar-refractivity contribution in [2.75, 3.05) is 5.73 Å². The predicted molar refractivity (Wildman–Crippen MR) is 54.1 cm³/mol. The number of anilines is 1. The zero-order chi connectivity index (χ0) is 10.1. The lowest BCUT2D eigenvalue weighted by atomic mass is 10.2. The maximum Gasteiger partial charge on any atom is 0.168 e. The second-order valence-corrected chi connectivity index (χ2v) is 3.11. The minimum Gasteiger partial charge on any atom is -0.383 e. The van der Waals surface area contributed by atoms with Crippen LogP contribution in [0.1, 0.15) is 16.1 Å². The van der Waals surface area contributed by atoms with E-state index >= 15 is 0 Å². The summed E-state index contributed by atoms with van der Waals surface area (Å²) in [4.78, 5) is 18.6. The quantitative estimate of drug-likeness (QED) is 0.684. The maximum absolute atomic E-state index is 10.5. The summed E-state index contributed by atoms with van der Waals surface area (Å²) >= 11 is 0. The third kappa shape index (κ3) is 1.31. The monoisotopic (exact) mass is 187 g/mol. The lowest BCUT2D eigenvalue weighted by molar-refractivity contribution is 0.111. The van der Waals surface area contributed by atoms with Crippen LogP contribution in [0, 0.1) is 6.92 Å². The summed E-state index contributed by atoms with van der Waals surface area (Å²) in [6.07, 6.45) is 2.26. The molecule has 14 heavy (non-hydrogen) atoms. The number of aryl methyl sites for hydroxylation is 1. The number of nitrogens with two attached hydrogens (primary N) is 1. The fourth-order valence-corrected chi connectivity index (χ4v) is 1.28. The second kappa shape index (κ2) is 3.06. The first kappa shape index (κ1) is 8.62. The summed E-state index contributed by atoms with van der Waals surface area (Å²) < 4.78 is 0. The molecule has 0 spiro atoms. The van der Waals surface area contributed by atoms with Crippen LogP contribution in [0.5, 0.6) is 0 Å². The first-order valence-electron chi connectivity index (χ1n) is 4.19. The zero-order valence-electron chi connectivity index (χ0n) is 7.69. The summed E-state index contributed by atoms with van der Waals surface area (Å²) in [5.41, 5.74) is 7.66. The van der Waals surface area contributed by atoms with Crippen molar-refractivity contribution in [3.8, 4) is 0 Å². The van der Waals surface area contributed by atoms with Gasteiger partial charge in [0.05, 0.1) is 11.7 Å². The van der Waals surface area contributed by atoms with Gasteiger partial charge in [0, 0.05) is 5.39 Å². The van der Waals surface area contributed by atoms with Gasteiger partial charge in [0.15, 0.2) is 6.29 Å².